The molecular weight excluding hydrogens is 286 g/mol. The van der Waals surface area contributed by atoms with Crippen LogP contribution in [0.15, 0.2) is 22.7 Å². The number of carbonyl (C=O) groups excluding carboxylic acids is 1. The van der Waals surface area contributed by atoms with Crippen molar-refractivity contribution in [2.24, 2.45) is 0 Å². The predicted molar refractivity (Wildman–Crippen MR) is 64.2 cm³/mol. The number of hydrogen-bond donors (Lipinski definition) is 0. The highest BCUT2D eigenvalue weighted by Crippen LogP contribution is 2.53. The van der Waals surface area contributed by atoms with Gasteiger partial charge in [0, 0.05) is 17.1 Å². The molecule has 4 rings (SSSR count). The third-order valence-corrected chi connectivity index (χ3v) is 4.36. The number of hydrogen-bond acceptors (Lipinski definition) is 4. The zero-order valence-electron chi connectivity index (χ0n) is 9.14. The highest BCUT2D eigenvalue weighted by atomic mass is 79.9. The Morgan fingerprint density at radius 1 is 1.59 bits per heavy atom. The van der Waals surface area contributed by atoms with Gasteiger partial charge in [-0.15, -0.1) is 0 Å². The number of ether oxygens (including phenoxy) is 2. The number of Topliss-reactive ketones (excluding diaryl/α,β-unsaturated/α-hetero) is 1. The summed E-state index contributed by atoms with van der Waals surface area (Å²) >= 11 is 3.39. The van der Waals surface area contributed by atoms with Crippen molar-refractivity contribution in [2.45, 2.75) is 17.9 Å². The predicted octanol–water partition coefficient (Wildman–Crippen LogP) is 1.58. The molecule has 2 fully saturated rings. The van der Waals surface area contributed by atoms with Crippen LogP contribution >= 0.6 is 15.9 Å². The number of nitrogens with zero attached hydrogens (tertiary/aromatic N) is 1. The second kappa shape index (κ2) is 2.91. The number of ketones is 1. The van der Waals surface area contributed by atoms with Crippen LogP contribution in [-0.2, 0) is 9.47 Å². The van der Waals surface area contributed by atoms with Crippen molar-refractivity contribution in [2.75, 3.05) is 18.6 Å². The number of halogens is 1. The minimum Gasteiger partial charge on any atom is -0.362 e. The van der Waals surface area contributed by atoms with Crippen LogP contribution in [0.3, 0.4) is 0 Å². The fourth-order valence-corrected chi connectivity index (χ4v) is 3.42. The summed E-state index contributed by atoms with van der Waals surface area (Å²) < 4.78 is 11.9. The summed E-state index contributed by atoms with van der Waals surface area (Å²) in [7, 11) is 1.58. The van der Waals surface area contributed by atoms with E-state index >= 15 is 0 Å². The Bertz CT molecular complexity index is 547. The zero-order valence-corrected chi connectivity index (χ0v) is 10.7. The molecule has 1 aromatic carbocycles. The molecule has 0 saturated carbocycles. The molecule has 17 heavy (non-hydrogen) atoms. The highest BCUT2D eigenvalue weighted by Gasteiger charge is 2.72. The molecule has 0 aliphatic carbocycles. The van der Waals surface area contributed by atoms with E-state index in [1.165, 1.54) is 0 Å². The molecular formula is C12H10BrNO3. The van der Waals surface area contributed by atoms with Crippen molar-refractivity contribution in [3.8, 4) is 0 Å². The van der Waals surface area contributed by atoms with Crippen LogP contribution in [0.5, 0.6) is 0 Å². The molecule has 1 aromatic rings. The average Bonchev–Trinajstić information content (AvgIpc) is 2.96. The van der Waals surface area contributed by atoms with Crippen molar-refractivity contribution in [3.05, 3.63) is 28.2 Å². The smallest absolute Gasteiger partial charge is 0.235 e. The summed E-state index contributed by atoms with van der Waals surface area (Å²) in [6.07, 6.45) is 0.0434. The van der Waals surface area contributed by atoms with Crippen LogP contribution < -0.4 is 4.90 Å². The van der Waals surface area contributed by atoms with Crippen molar-refractivity contribution in [1.29, 1.82) is 0 Å². The summed E-state index contributed by atoms with van der Waals surface area (Å²) in [4.78, 5) is 14.6. The minimum absolute atomic E-state index is 0.0151. The lowest BCUT2D eigenvalue weighted by Gasteiger charge is -2.32. The van der Waals surface area contributed by atoms with E-state index in [4.69, 9.17) is 9.47 Å². The van der Waals surface area contributed by atoms with E-state index in [0.717, 1.165) is 22.3 Å². The second-order valence-corrected chi connectivity index (χ2v) is 5.51. The van der Waals surface area contributed by atoms with Crippen LogP contribution in [0.1, 0.15) is 10.4 Å². The zero-order chi connectivity index (χ0) is 11.8. The lowest BCUT2D eigenvalue weighted by Crippen LogP contribution is -2.52. The number of rotatable bonds is 1. The summed E-state index contributed by atoms with van der Waals surface area (Å²) in [5.74, 6) is 0.0151. The molecule has 0 amide bonds. The Morgan fingerprint density at radius 2 is 2.41 bits per heavy atom. The number of morpholine rings is 1. The minimum atomic E-state index is -0.909. The van der Waals surface area contributed by atoms with E-state index in [-0.39, 0.29) is 18.0 Å². The van der Waals surface area contributed by atoms with Gasteiger partial charge in [-0.1, -0.05) is 15.9 Å². The van der Waals surface area contributed by atoms with E-state index in [1.54, 1.807) is 7.11 Å². The maximum atomic E-state index is 12.6. The molecule has 0 aromatic heterocycles. The molecule has 88 valence electrons. The van der Waals surface area contributed by atoms with Crippen molar-refractivity contribution >= 4 is 27.4 Å². The summed E-state index contributed by atoms with van der Waals surface area (Å²) in [6, 6.07) is 5.76. The highest BCUT2D eigenvalue weighted by molar-refractivity contribution is 9.10. The first-order chi connectivity index (χ1) is 8.18. The van der Waals surface area contributed by atoms with Gasteiger partial charge in [0.05, 0.1) is 12.2 Å². The molecule has 4 nitrogen and oxygen atoms in total. The van der Waals surface area contributed by atoms with E-state index in [0.29, 0.717) is 0 Å². The molecule has 2 saturated heterocycles. The molecule has 5 heteroatoms. The summed E-state index contributed by atoms with van der Waals surface area (Å²) in [5.41, 5.74) is 0.763. The van der Waals surface area contributed by atoms with Gasteiger partial charge >= 0.3 is 0 Å². The Kier molecular flexibility index (Phi) is 1.72. The average molecular weight is 296 g/mol. The van der Waals surface area contributed by atoms with Crippen molar-refractivity contribution in [3.63, 3.8) is 0 Å². The van der Waals surface area contributed by atoms with Gasteiger partial charge in [-0.3, -0.25) is 4.79 Å². The topological polar surface area (TPSA) is 42.1 Å². The maximum absolute atomic E-state index is 12.6. The molecule has 0 radical (unpaired) electrons. The third-order valence-electron chi connectivity index (χ3n) is 3.86. The first kappa shape index (κ1) is 10.1. The standard InChI is InChI=1S/C12H10BrNO3/c1-16-12-10(15)7-4-6(13)2-3-8(7)14(12)5-9-11(12)17-9/h2-4,9,11H,5H2,1H3/t9-,11-,12+/m1/s1. The first-order valence-electron chi connectivity index (χ1n) is 5.51. The van der Waals surface area contributed by atoms with Crippen LogP contribution in [0.2, 0.25) is 0 Å². The quantitative estimate of drug-likeness (QED) is 0.738. The van der Waals surface area contributed by atoms with E-state index in [9.17, 15) is 4.79 Å². The van der Waals surface area contributed by atoms with Gasteiger partial charge < -0.3 is 14.4 Å². The first-order valence-corrected chi connectivity index (χ1v) is 6.30. The number of carbonyl (C=O) groups is 1. The van der Waals surface area contributed by atoms with Crippen LogP contribution in [0, 0.1) is 0 Å². The Morgan fingerprint density at radius 3 is 3.18 bits per heavy atom. The maximum Gasteiger partial charge on any atom is 0.235 e. The van der Waals surface area contributed by atoms with Crippen LogP contribution in [0.4, 0.5) is 5.69 Å². The van der Waals surface area contributed by atoms with E-state index in [2.05, 4.69) is 15.9 Å². The van der Waals surface area contributed by atoms with Crippen molar-refractivity contribution in [1.82, 2.24) is 0 Å². The molecule has 0 N–H and O–H groups in total. The number of methoxy groups -OCH3 is 1. The molecule has 0 unspecified atom stereocenters. The Balaban J connectivity index is 1.94. The number of fused-ring (bicyclic) bond motifs is 5. The second-order valence-electron chi connectivity index (χ2n) is 4.60. The van der Waals surface area contributed by atoms with Gasteiger partial charge in [-0.2, -0.15) is 0 Å². The fourth-order valence-electron chi connectivity index (χ4n) is 3.06. The monoisotopic (exact) mass is 295 g/mol. The molecule has 3 heterocycles. The van der Waals surface area contributed by atoms with Crippen LogP contribution in [-0.4, -0.2) is 37.4 Å². The Hall–Kier alpha value is -0.910. The van der Waals surface area contributed by atoms with E-state index in [1.807, 2.05) is 23.1 Å². The lowest BCUT2D eigenvalue weighted by molar-refractivity contribution is -0.0103. The van der Waals surface area contributed by atoms with Gasteiger partial charge in [0.1, 0.15) is 12.2 Å². The normalized spacial score (nSPS) is 36.8. The Labute approximate surface area is 107 Å². The molecule has 0 bridgehead atoms. The SMILES string of the molecule is CO[C@]12C(=O)c3cc(Br)ccc3N1C[C@H]1O[C@H]12. The number of epoxide rings is 1. The molecule has 3 aliphatic heterocycles. The van der Waals surface area contributed by atoms with Gasteiger partial charge in [0.25, 0.3) is 0 Å². The van der Waals surface area contributed by atoms with Gasteiger partial charge in [-0.25, -0.2) is 0 Å². The summed E-state index contributed by atoms with van der Waals surface area (Å²) in [6.45, 7) is 0.735. The lowest BCUT2D eigenvalue weighted by atomic mass is 10.0. The largest absolute Gasteiger partial charge is 0.362 e. The van der Waals surface area contributed by atoms with Crippen molar-refractivity contribution < 1.29 is 14.3 Å². The van der Waals surface area contributed by atoms with Crippen LogP contribution in [0.25, 0.3) is 0 Å². The third kappa shape index (κ3) is 0.991. The van der Waals surface area contributed by atoms with Gasteiger partial charge in [0.15, 0.2) is 0 Å². The number of anilines is 1. The van der Waals surface area contributed by atoms with E-state index < -0.39 is 5.72 Å². The summed E-state index contributed by atoms with van der Waals surface area (Å²) in [5, 5.41) is 0. The number of benzene rings is 1. The molecule has 3 atom stereocenters. The molecule has 3 aliphatic rings. The van der Waals surface area contributed by atoms with Gasteiger partial charge in [0.2, 0.25) is 11.5 Å². The van der Waals surface area contributed by atoms with Gasteiger partial charge in [-0.05, 0) is 18.2 Å². The fraction of sp³-hybridized carbons (Fsp3) is 0.417. The molecule has 0 spiro atoms.